The zero-order valence-corrected chi connectivity index (χ0v) is 10.2. The van der Waals surface area contributed by atoms with Gasteiger partial charge in [-0.25, -0.2) is 0 Å². The van der Waals surface area contributed by atoms with E-state index in [-0.39, 0.29) is 5.91 Å². The van der Waals surface area contributed by atoms with Crippen molar-refractivity contribution in [3.63, 3.8) is 0 Å². The molecule has 92 valence electrons. The van der Waals surface area contributed by atoms with Gasteiger partial charge in [0, 0.05) is 30.2 Å². The van der Waals surface area contributed by atoms with Crippen LogP contribution in [0, 0.1) is 6.92 Å². The molecule has 1 aromatic carbocycles. The number of anilines is 1. The largest absolute Gasteiger partial charge is 0.326 e. The van der Waals surface area contributed by atoms with Gasteiger partial charge in [0.25, 0.3) is 5.91 Å². The summed E-state index contributed by atoms with van der Waals surface area (Å²) in [6.45, 7) is 2.38. The highest BCUT2D eigenvalue weighted by atomic mass is 16.1. The maximum atomic E-state index is 12.0. The zero-order chi connectivity index (χ0) is 13.0. The molecule has 0 aliphatic carbocycles. The van der Waals surface area contributed by atoms with Crippen molar-refractivity contribution in [2.75, 3.05) is 5.32 Å². The van der Waals surface area contributed by atoms with E-state index in [0.29, 0.717) is 12.1 Å². The van der Waals surface area contributed by atoms with Crippen LogP contribution in [0.4, 0.5) is 5.69 Å². The summed E-state index contributed by atoms with van der Waals surface area (Å²) in [4.78, 5) is 16.0. The monoisotopic (exact) mass is 241 g/mol. The number of benzene rings is 1. The summed E-state index contributed by atoms with van der Waals surface area (Å²) >= 11 is 0. The van der Waals surface area contributed by atoms with E-state index < -0.39 is 0 Å². The molecule has 0 aliphatic heterocycles. The third kappa shape index (κ3) is 2.73. The summed E-state index contributed by atoms with van der Waals surface area (Å²) in [5.74, 6) is -0.132. The lowest BCUT2D eigenvalue weighted by molar-refractivity contribution is 0.102. The molecule has 3 N–H and O–H groups in total. The molecule has 4 heteroatoms. The molecule has 0 saturated carbocycles. The van der Waals surface area contributed by atoms with E-state index in [9.17, 15) is 4.79 Å². The van der Waals surface area contributed by atoms with Crippen LogP contribution in [0.25, 0.3) is 0 Å². The van der Waals surface area contributed by atoms with Gasteiger partial charge in [0.05, 0.1) is 0 Å². The number of nitrogens with two attached hydrogens (primary N) is 1. The van der Waals surface area contributed by atoms with Crippen molar-refractivity contribution in [2.24, 2.45) is 5.73 Å². The second-order valence-electron chi connectivity index (χ2n) is 4.05. The van der Waals surface area contributed by atoms with Crippen LogP contribution >= 0.6 is 0 Å². The van der Waals surface area contributed by atoms with E-state index in [2.05, 4.69) is 10.3 Å². The van der Waals surface area contributed by atoms with Crippen LogP contribution in [0.15, 0.2) is 42.7 Å². The number of carbonyl (C=O) groups is 1. The summed E-state index contributed by atoms with van der Waals surface area (Å²) < 4.78 is 0. The Morgan fingerprint density at radius 3 is 2.61 bits per heavy atom. The fourth-order valence-electron chi connectivity index (χ4n) is 1.60. The van der Waals surface area contributed by atoms with Crippen molar-refractivity contribution in [3.05, 3.63) is 59.4 Å². The van der Waals surface area contributed by atoms with Crippen molar-refractivity contribution in [2.45, 2.75) is 13.5 Å². The normalized spacial score (nSPS) is 10.1. The van der Waals surface area contributed by atoms with Crippen LogP contribution in [-0.2, 0) is 6.54 Å². The molecule has 0 radical (unpaired) electrons. The second kappa shape index (κ2) is 5.42. The molecule has 0 saturated heterocycles. The molecule has 1 heterocycles. The second-order valence-corrected chi connectivity index (χ2v) is 4.05. The number of hydrogen-bond acceptors (Lipinski definition) is 3. The Labute approximate surface area is 106 Å². The molecular formula is C14H15N3O. The summed E-state index contributed by atoms with van der Waals surface area (Å²) in [6, 6.07) is 9.03. The first kappa shape index (κ1) is 12.3. The standard InChI is InChI=1S/C14H15N3O/c1-10-9-16-7-6-13(10)17-14(18)12-4-2-11(8-15)3-5-12/h2-7,9H,8,15H2,1H3,(H,16,17,18). The Kier molecular flexibility index (Phi) is 3.69. The number of nitrogens with zero attached hydrogens (tertiary/aromatic N) is 1. The Balaban J connectivity index is 2.14. The first-order valence-electron chi connectivity index (χ1n) is 5.71. The predicted molar refractivity (Wildman–Crippen MR) is 71.3 cm³/mol. The molecule has 18 heavy (non-hydrogen) atoms. The number of aromatic nitrogens is 1. The maximum absolute atomic E-state index is 12.0. The minimum Gasteiger partial charge on any atom is -0.326 e. The Morgan fingerprint density at radius 1 is 1.28 bits per heavy atom. The number of hydrogen-bond donors (Lipinski definition) is 2. The molecule has 0 spiro atoms. The fourth-order valence-corrected chi connectivity index (χ4v) is 1.60. The molecular weight excluding hydrogens is 226 g/mol. The van der Waals surface area contributed by atoms with Gasteiger partial charge >= 0.3 is 0 Å². The van der Waals surface area contributed by atoms with Gasteiger partial charge in [-0.05, 0) is 36.2 Å². The molecule has 4 nitrogen and oxygen atoms in total. The summed E-state index contributed by atoms with van der Waals surface area (Å²) in [6.07, 6.45) is 3.37. The van der Waals surface area contributed by atoms with Gasteiger partial charge in [-0.1, -0.05) is 12.1 Å². The third-order valence-corrected chi connectivity index (χ3v) is 2.72. The first-order chi connectivity index (χ1) is 8.70. The topological polar surface area (TPSA) is 68.0 Å². The molecule has 2 aromatic rings. The quantitative estimate of drug-likeness (QED) is 0.864. The molecule has 1 amide bonds. The number of rotatable bonds is 3. The zero-order valence-electron chi connectivity index (χ0n) is 10.2. The van der Waals surface area contributed by atoms with Crippen LogP contribution in [0.3, 0.4) is 0 Å². The lowest BCUT2D eigenvalue weighted by Crippen LogP contribution is -2.13. The average molecular weight is 241 g/mol. The van der Waals surface area contributed by atoms with Crippen molar-refractivity contribution in [3.8, 4) is 0 Å². The van der Waals surface area contributed by atoms with Crippen molar-refractivity contribution >= 4 is 11.6 Å². The fraction of sp³-hybridized carbons (Fsp3) is 0.143. The SMILES string of the molecule is Cc1cnccc1NC(=O)c1ccc(CN)cc1. The van der Waals surface area contributed by atoms with Crippen molar-refractivity contribution in [1.82, 2.24) is 4.98 Å². The number of carbonyl (C=O) groups excluding carboxylic acids is 1. The number of amides is 1. The van der Waals surface area contributed by atoms with E-state index >= 15 is 0 Å². The molecule has 0 unspecified atom stereocenters. The average Bonchev–Trinajstić information content (AvgIpc) is 2.41. The minimum atomic E-state index is -0.132. The smallest absolute Gasteiger partial charge is 0.255 e. The molecule has 2 rings (SSSR count). The predicted octanol–water partition coefficient (Wildman–Crippen LogP) is 2.10. The summed E-state index contributed by atoms with van der Waals surface area (Å²) in [7, 11) is 0. The van der Waals surface area contributed by atoms with Gasteiger partial charge in [-0.3, -0.25) is 9.78 Å². The molecule has 0 bridgehead atoms. The van der Waals surface area contributed by atoms with Crippen LogP contribution < -0.4 is 11.1 Å². The van der Waals surface area contributed by atoms with E-state index in [0.717, 1.165) is 16.8 Å². The minimum absolute atomic E-state index is 0.132. The van der Waals surface area contributed by atoms with Gasteiger partial charge in [0.15, 0.2) is 0 Å². The van der Waals surface area contributed by atoms with Gasteiger partial charge in [0.2, 0.25) is 0 Å². The van der Waals surface area contributed by atoms with Gasteiger partial charge in [-0.2, -0.15) is 0 Å². The van der Waals surface area contributed by atoms with Gasteiger partial charge in [0.1, 0.15) is 0 Å². The highest BCUT2D eigenvalue weighted by Gasteiger charge is 2.07. The molecule has 1 aromatic heterocycles. The van der Waals surface area contributed by atoms with Gasteiger partial charge < -0.3 is 11.1 Å². The lowest BCUT2D eigenvalue weighted by atomic mass is 10.1. The Hall–Kier alpha value is -2.20. The van der Waals surface area contributed by atoms with E-state index in [1.807, 2.05) is 19.1 Å². The van der Waals surface area contributed by atoms with Crippen molar-refractivity contribution in [1.29, 1.82) is 0 Å². The maximum Gasteiger partial charge on any atom is 0.255 e. The third-order valence-electron chi connectivity index (χ3n) is 2.72. The van der Waals surface area contributed by atoms with Crippen LogP contribution in [0.5, 0.6) is 0 Å². The molecule has 0 atom stereocenters. The number of nitrogens with one attached hydrogen (secondary N) is 1. The van der Waals surface area contributed by atoms with E-state index in [4.69, 9.17) is 5.73 Å². The van der Waals surface area contributed by atoms with E-state index in [1.165, 1.54) is 0 Å². The summed E-state index contributed by atoms with van der Waals surface area (Å²) in [5, 5.41) is 2.85. The van der Waals surface area contributed by atoms with Gasteiger partial charge in [-0.15, -0.1) is 0 Å². The molecule has 0 aliphatic rings. The number of pyridine rings is 1. The van der Waals surface area contributed by atoms with Crippen LogP contribution in [0.2, 0.25) is 0 Å². The highest BCUT2D eigenvalue weighted by molar-refractivity contribution is 6.04. The molecule has 0 fully saturated rings. The first-order valence-corrected chi connectivity index (χ1v) is 5.71. The highest BCUT2D eigenvalue weighted by Crippen LogP contribution is 2.13. The number of aryl methyl sites for hydroxylation is 1. The van der Waals surface area contributed by atoms with E-state index in [1.54, 1.807) is 30.6 Å². The Bertz CT molecular complexity index is 549. The Morgan fingerprint density at radius 2 is 2.00 bits per heavy atom. The van der Waals surface area contributed by atoms with Crippen LogP contribution in [-0.4, -0.2) is 10.9 Å². The summed E-state index contributed by atoms with van der Waals surface area (Å²) in [5.41, 5.74) is 8.84. The lowest BCUT2D eigenvalue weighted by Gasteiger charge is -2.07. The van der Waals surface area contributed by atoms with Crippen molar-refractivity contribution < 1.29 is 4.79 Å². The van der Waals surface area contributed by atoms with Crippen LogP contribution in [0.1, 0.15) is 21.5 Å².